The molecule has 1 atom stereocenters. The lowest BCUT2D eigenvalue weighted by molar-refractivity contribution is -0.134. The normalized spacial score (nSPS) is 18.3. The Hall–Kier alpha value is -2.63. The third-order valence-electron chi connectivity index (χ3n) is 4.88. The lowest BCUT2D eigenvalue weighted by Crippen LogP contribution is -2.47. The number of halogens is 1. The molecule has 0 aliphatic carbocycles. The van der Waals surface area contributed by atoms with Gasteiger partial charge in [0.2, 0.25) is 5.91 Å². The first-order valence-corrected chi connectivity index (χ1v) is 8.92. The van der Waals surface area contributed by atoms with Gasteiger partial charge in [-0.3, -0.25) is 9.59 Å². The Kier molecular flexibility index (Phi) is 5.40. The summed E-state index contributed by atoms with van der Waals surface area (Å²) in [6.45, 7) is 5.42. The largest absolute Gasteiger partial charge is 0.357 e. The minimum absolute atomic E-state index is 0.0230. The Balaban J connectivity index is 1.81. The predicted octanol–water partition coefficient (Wildman–Crippen LogP) is 3.05. The van der Waals surface area contributed by atoms with Gasteiger partial charge in [-0.15, -0.1) is 0 Å². The van der Waals surface area contributed by atoms with Crippen molar-refractivity contribution in [1.82, 2.24) is 14.8 Å². The highest BCUT2D eigenvalue weighted by Gasteiger charge is 2.33. The number of amides is 2. The van der Waals surface area contributed by atoms with Gasteiger partial charge in [-0.25, -0.2) is 4.39 Å². The van der Waals surface area contributed by atoms with Gasteiger partial charge in [-0.2, -0.15) is 0 Å². The number of H-pyrrole nitrogens is 1. The molecule has 26 heavy (non-hydrogen) atoms. The molecule has 1 aliphatic rings. The molecular weight excluding hydrogens is 333 g/mol. The van der Waals surface area contributed by atoms with E-state index in [2.05, 4.69) is 18.8 Å². The van der Waals surface area contributed by atoms with Crippen LogP contribution in [0.3, 0.4) is 0 Å². The number of rotatable bonds is 4. The first-order chi connectivity index (χ1) is 12.5. The molecule has 5 nitrogen and oxygen atoms in total. The Morgan fingerprint density at radius 2 is 2.00 bits per heavy atom. The number of carbonyl (C=O) groups is 2. The van der Waals surface area contributed by atoms with Crippen molar-refractivity contribution in [3.63, 3.8) is 0 Å². The Morgan fingerprint density at radius 1 is 1.27 bits per heavy atom. The molecule has 0 unspecified atom stereocenters. The van der Waals surface area contributed by atoms with Crippen LogP contribution >= 0.6 is 0 Å². The molecule has 0 radical (unpaired) electrons. The Bertz CT molecular complexity index is 756. The summed E-state index contributed by atoms with van der Waals surface area (Å²) in [6.07, 6.45) is 2.01. The van der Waals surface area contributed by atoms with Crippen molar-refractivity contribution in [2.24, 2.45) is 5.92 Å². The van der Waals surface area contributed by atoms with Crippen LogP contribution in [0.5, 0.6) is 0 Å². The molecule has 0 bridgehead atoms. The van der Waals surface area contributed by atoms with Crippen molar-refractivity contribution >= 4 is 11.8 Å². The topological polar surface area (TPSA) is 56.4 Å². The fraction of sp³-hybridized carbons (Fsp3) is 0.400. The maximum atomic E-state index is 13.2. The summed E-state index contributed by atoms with van der Waals surface area (Å²) in [4.78, 5) is 32.0. The molecule has 1 aliphatic heterocycles. The lowest BCUT2D eigenvalue weighted by atomic mass is 10.0. The molecule has 6 heteroatoms. The van der Waals surface area contributed by atoms with Crippen molar-refractivity contribution in [2.75, 3.05) is 13.1 Å². The zero-order chi connectivity index (χ0) is 18.7. The number of hydrogen-bond donors (Lipinski definition) is 1. The van der Waals surface area contributed by atoms with Crippen molar-refractivity contribution < 1.29 is 14.0 Å². The van der Waals surface area contributed by atoms with Gasteiger partial charge in [-0.05, 0) is 35.7 Å². The van der Waals surface area contributed by atoms with Crippen LogP contribution in [0.1, 0.15) is 36.3 Å². The quantitative estimate of drug-likeness (QED) is 0.914. The smallest absolute Gasteiger partial charge is 0.270 e. The van der Waals surface area contributed by atoms with Gasteiger partial charge in [0, 0.05) is 32.3 Å². The van der Waals surface area contributed by atoms with Crippen LogP contribution < -0.4 is 0 Å². The third kappa shape index (κ3) is 3.95. The lowest BCUT2D eigenvalue weighted by Gasteiger charge is -2.34. The van der Waals surface area contributed by atoms with Crippen LogP contribution in [0.2, 0.25) is 0 Å². The molecular formula is C20H24FN3O2. The van der Waals surface area contributed by atoms with Crippen molar-refractivity contribution in [1.29, 1.82) is 0 Å². The maximum Gasteiger partial charge on any atom is 0.270 e. The number of carbonyl (C=O) groups excluding carboxylic acids is 2. The van der Waals surface area contributed by atoms with Crippen LogP contribution in [0.25, 0.3) is 0 Å². The summed E-state index contributed by atoms with van der Waals surface area (Å²) in [5, 5.41) is 0. The molecule has 1 fully saturated rings. The van der Waals surface area contributed by atoms with Crippen LogP contribution in [-0.4, -0.2) is 45.7 Å². The number of benzene rings is 1. The van der Waals surface area contributed by atoms with E-state index in [-0.39, 0.29) is 36.0 Å². The molecule has 0 spiro atoms. The Morgan fingerprint density at radius 3 is 2.62 bits per heavy atom. The van der Waals surface area contributed by atoms with Crippen molar-refractivity contribution in [3.8, 4) is 0 Å². The summed E-state index contributed by atoms with van der Waals surface area (Å²) in [5.74, 6) is -0.164. The molecule has 1 aromatic heterocycles. The number of hydrogen-bond acceptors (Lipinski definition) is 2. The molecule has 3 rings (SSSR count). The van der Waals surface area contributed by atoms with Crippen molar-refractivity contribution in [2.45, 2.75) is 32.9 Å². The highest BCUT2D eigenvalue weighted by Crippen LogP contribution is 2.22. The van der Waals surface area contributed by atoms with E-state index in [4.69, 9.17) is 0 Å². The maximum absolute atomic E-state index is 13.2. The molecule has 138 valence electrons. The monoisotopic (exact) mass is 357 g/mol. The van der Waals surface area contributed by atoms with E-state index in [1.54, 1.807) is 35.4 Å². The predicted molar refractivity (Wildman–Crippen MR) is 96.9 cm³/mol. The van der Waals surface area contributed by atoms with Crippen LogP contribution in [0.15, 0.2) is 42.6 Å². The van der Waals surface area contributed by atoms with Gasteiger partial charge in [0.1, 0.15) is 11.5 Å². The summed E-state index contributed by atoms with van der Waals surface area (Å²) < 4.78 is 13.2. The third-order valence-corrected chi connectivity index (χ3v) is 4.88. The standard InChI is InChI=1S/C20H24FN3O2/c1-14(2)18-13-23(20(26)17-4-3-10-22-17)11-9-19(25)24(18)12-15-5-7-16(21)8-6-15/h3-8,10,14,18,22H,9,11-13H2,1-2H3/t18-/m0/s1. The zero-order valence-electron chi connectivity index (χ0n) is 15.1. The molecule has 2 aromatic rings. The second-order valence-corrected chi connectivity index (χ2v) is 7.04. The van der Waals surface area contributed by atoms with E-state index in [1.165, 1.54) is 12.1 Å². The second-order valence-electron chi connectivity index (χ2n) is 7.04. The minimum Gasteiger partial charge on any atom is -0.357 e. The van der Waals surface area contributed by atoms with E-state index in [9.17, 15) is 14.0 Å². The van der Waals surface area contributed by atoms with Crippen LogP contribution in [0.4, 0.5) is 4.39 Å². The molecule has 2 amide bonds. The summed E-state index contributed by atoms with van der Waals surface area (Å²) >= 11 is 0. The first kappa shape index (κ1) is 18.2. The van der Waals surface area contributed by atoms with Gasteiger partial charge in [0.15, 0.2) is 0 Å². The van der Waals surface area contributed by atoms with Gasteiger partial charge in [-0.1, -0.05) is 26.0 Å². The summed E-state index contributed by atoms with van der Waals surface area (Å²) in [6, 6.07) is 9.66. The van der Waals surface area contributed by atoms with E-state index in [1.807, 2.05) is 4.90 Å². The van der Waals surface area contributed by atoms with Crippen LogP contribution in [0, 0.1) is 11.7 Å². The minimum atomic E-state index is -0.293. The highest BCUT2D eigenvalue weighted by molar-refractivity contribution is 5.93. The number of nitrogens with zero attached hydrogens (tertiary/aromatic N) is 2. The highest BCUT2D eigenvalue weighted by atomic mass is 19.1. The molecule has 1 N–H and O–H groups in total. The summed E-state index contributed by atoms with van der Waals surface area (Å²) in [7, 11) is 0. The average Bonchev–Trinajstić information content (AvgIpc) is 3.10. The Labute approximate surface area is 152 Å². The number of aromatic nitrogens is 1. The van der Waals surface area contributed by atoms with E-state index in [0.717, 1.165) is 5.56 Å². The van der Waals surface area contributed by atoms with E-state index >= 15 is 0 Å². The molecule has 2 heterocycles. The van der Waals surface area contributed by atoms with Crippen molar-refractivity contribution in [3.05, 3.63) is 59.7 Å². The molecule has 0 saturated carbocycles. The van der Waals surface area contributed by atoms with E-state index < -0.39 is 0 Å². The van der Waals surface area contributed by atoms with Gasteiger partial charge in [0.05, 0.1) is 6.04 Å². The van der Waals surface area contributed by atoms with E-state index in [0.29, 0.717) is 25.3 Å². The SMILES string of the molecule is CC(C)[C@@H]1CN(C(=O)c2ccc[nH]2)CCC(=O)N1Cc1ccc(F)cc1. The number of nitrogens with one attached hydrogen (secondary N) is 1. The zero-order valence-corrected chi connectivity index (χ0v) is 15.1. The van der Waals surface area contributed by atoms with Gasteiger partial charge >= 0.3 is 0 Å². The van der Waals surface area contributed by atoms with Crippen LogP contribution in [-0.2, 0) is 11.3 Å². The number of aromatic amines is 1. The fourth-order valence-corrected chi connectivity index (χ4v) is 3.36. The molecule has 1 saturated heterocycles. The fourth-order valence-electron chi connectivity index (χ4n) is 3.36. The molecule has 1 aromatic carbocycles. The average molecular weight is 357 g/mol. The first-order valence-electron chi connectivity index (χ1n) is 8.92. The van der Waals surface area contributed by atoms with Gasteiger partial charge in [0.25, 0.3) is 5.91 Å². The second kappa shape index (κ2) is 7.72. The summed E-state index contributed by atoms with van der Waals surface area (Å²) in [5.41, 5.74) is 1.42. The van der Waals surface area contributed by atoms with Gasteiger partial charge < -0.3 is 14.8 Å².